The van der Waals surface area contributed by atoms with Crippen LogP contribution in [0.4, 0.5) is 0 Å². The van der Waals surface area contributed by atoms with Crippen LogP contribution in [0.2, 0.25) is 0 Å². The molecule has 1 rings (SSSR count). The van der Waals surface area contributed by atoms with Crippen molar-refractivity contribution in [3.63, 3.8) is 0 Å². The molecule has 0 heterocycles. The summed E-state index contributed by atoms with van der Waals surface area (Å²) in [4.78, 5) is 0. The van der Waals surface area contributed by atoms with Crippen LogP contribution in [0.15, 0.2) is 0 Å². The first-order chi connectivity index (χ1) is 6.97. The first kappa shape index (κ1) is 12.9. The highest BCUT2D eigenvalue weighted by Gasteiger charge is 2.36. The number of nitrogens with one attached hydrogen (secondary N) is 1. The minimum absolute atomic E-state index is 0.415. The van der Waals surface area contributed by atoms with E-state index in [1.165, 1.54) is 0 Å². The summed E-state index contributed by atoms with van der Waals surface area (Å²) in [5, 5.41) is 13.5. The number of ether oxygens (including phenoxy) is 1. The summed E-state index contributed by atoms with van der Waals surface area (Å²) in [6.07, 6.45) is 4.07. The second-order valence-corrected chi connectivity index (χ2v) is 5.56. The molecule has 15 heavy (non-hydrogen) atoms. The Labute approximate surface area is 93.2 Å². The first-order valence-electron chi connectivity index (χ1n) is 5.90. The average Bonchev–Trinajstić information content (AvgIpc) is 2.19. The second-order valence-electron chi connectivity index (χ2n) is 5.56. The van der Waals surface area contributed by atoms with Crippen LogP contribution in [0.1, 0.15) is 39.5 Å². The van der Waals surface area contributed by atoms with Crippen molar-refractivity contribution >= 4 is 0 Å². The Balaban J connectivity index is 2.23. The second kappa shape index (κ2) is 5.28. The van der Waals surface area contributed by atoms with Gasteiger partial charge in [0.1, 0.15) is 0 Å². The Bertz CT molecular complexity index is 182. The molecule has 0 aromatic carbocycles. The van der Waals surface area contributed by atoms with Crippen molar-refractivity contribution in [1.29, 1.82) is 0 Å². The van der Waals surface area contributed by atoms with E-state index in [1.807, 2.05) is 0 Å². The maximum Gasteiger partial charge on any atom is 0.0772 e. The summed E-state index contributed by atoms with van der Waals surface area (Å²) in [6, 6.07) is 0. The number of hydrogen-bond donors (Lipinski definition) is 2. The molecule has 90 valence electrons. The molecule has 0 aromatic rings. The number of rotatable bonds is 5. The Morgan fingerprint density at radius 1 is 1.20 bits per heavy atom. The summed E-state index contributed by atoms with van der Waals surface area (Å²) in [7, 11) is 1.69. The van der Waals surface area contributed by atoms with Gasteiger partial charge in [0.05, 0.1) is 12.2 Å². The van der Waals surface area contributed by atoms with E-state index in [2.05, 4.69) is 19.2 Å². The van der Waals surface area contributed by atoms with Crippen molar-refractivity contribution in [1.82, 2.24) is 5.32 Å². The highest BCUT2D eigenvalue weighted by Crippen LogP contribution is 2.39. The predicted octanol–water partition coefficient (Wildman–Crippen LogP) is 1.55. The largest absolute Gasteiger partial charge is 0.389 e. The van der Waals surface area contributed by atoms with E-state index in [9.17, 15) is 5.11 Å². The van der Waals surface area contributed by atoms with Crippen LogP contribution >= 0.6 is 0 Å². The van der Waals surface area contributed by atoms with Crippen LogP contribution in [0.5, 0.6) is 0 Å². The van der Waals surface area contributed by atoms with Gasteiger partial charge >= 0.3 is 0 Å². The van der Waals surface area contributed by atoms with Crippen molar-refractivity contribution in [3.05, 3.63) is 0 Å². The summed E-state index contributed by atoms with van der Waals surface area (Å²) in [5.41, 5.74) is -0.0674. The zero-order valence-electron chi connectivity index (χ0n) is 10.3. The molecule has 1 saturated carbocycles. The van der Waals surface area contributed by atoms with E-state index in [0.29, 0.717) is 18.6 Å². The standard InChI is InChI=1S/C12H25NO2/c1-11(2)4-6-12(14,7-5-11)10-13-8-9-15-3/h13-14H,4-10H2,1-3H3. The van der Waals surface area contributed by atoms with Gasteiger partial charge in [-0.2, -0.15) is 0 Å². The molecule has 0 aromatic heterocycles. The SMILES string of the molecule is COCCNCC1(O)CCC(C)(C)CC1. The first-order valence-corrected chi connectivity index (χ1v) is 5.90. The molecule has 1 aliphatic rings. The van der Waals surface area contributed by atoms with Crippen molar-refractivity contribution < 1.29 is 9.84 Å². The van der Waals surface area contributed by atoms with E-state index in [1.54, 1.807) is 7.11 Å². The average molecular weight is 215 g/mol. The number of methoxy groups -OCH3 is 1. The zero-order valence-corrected chi connectivity index (χ0v) is 10.3. The third-order valence-corrected chi connectivity index (χ3v) is 3.47. The maximum absolute atomic E-state index is 10.3. The molecule has 0 spiro atoms. The third kappa shape index (κ3) is 4.49. The molecule has 0 aliphatic heterocycles. The van der Waals surface area contributed by atoms with E-state index < -0.39 is 5.60 Å². The smallest absolute Gasteiger partial charge is 0.0772 e. The van der Waals surface area contributed by atoms with Crippen molar-refractivity contribution in [2.24, 2.45) is 5.41 Å². The molecule has 1 fully saturated rings. The molecule has 0 atom stereocenters. The van der Waals surface area contributed by atoms with Crippen LogP contribution in [-0.2, 0) is 4.74 Å². The van der Waals surface area contributed by atoms with Gasteiger partial charge in [-0.05, 0) is 31.1 Å². The van der Waals surface area contributed by atoms with Crippen molar-refractivity contribution in [2.75, 3.05) is 26.8 Å². The van der Waals surface area contributed by atoms with Gasteiger partial charge in [0.2, 0.25) is 0 Å². The van der Waals surface area contributed by atoms with Crippen LogP contribution in [0.3, 0.4) is 0 Å². The molecule has 0 radical (unpaired) electrons. The summed E-state index contributed by atoms with van der Waals surface area (Å²) < 4.78 is 4.95. The monoisotopic (exact) mass is 215 g/mol. The van der Waals surface area contributed by atoms with Gasteiger partial charge in [-0.1, -0.05) is 13.8 Å². The van der Waals surface area contributed by atoms with Crippen LogP contribution in [0.25, 0.3) is 0 Å². The Hall–Kier alpha value is -0.120. The Morgan fingerprint density at radius 2 is 1.80 bits per heavy atom. The molecule has 0 unspecified atom stereocenters. The molecule has 2 N–H and O–H groups in total. The number of aliphatic hydroxyl groups is 1. The summed E-state index contributed by atoms with van der Waals surface area (Å²) >= 11 is 0. The highest BCUT2D eigenvalue weighted by molar-refractivity contribution is 4.90. The van der Waals surface area contributed by atoms with Crippen LogP contribution in [-0.4, -0.2) is 37.5 Å². The number of hydrogen-bond acceptors (Lipinski definition) is 3. The van der Waals surface area contributed by atoms with Crippen LogP contribution in [0, 0.1) is 5.41 Å². The van der Waals surface area contributed by atoms with Gasteiger partial charge in [0.15, 0.2) is 0 Å². The molecular formula is C12H25NO2. The normalized spacial score (nSPS) is 24.0. The molecule has 0 bridgehead atoms. The molecule has 0 saturated heterocycles. The van der Waals surface area contributed by atoms with E-state index in [0.717, 1.165) is 32.2 Å². The van der Waals surface area contributed by atoms with Gasteiger partial charge in [0, 0.05) is 20.2 Å². The van der Waals surface area contributed by atoms with E-state index in [4.69, 9.17) is 4.74 Å². The predicted molar refractivity (Wildman–Crippen MR) is 61.9 cm³/mol. The van der Waals surface area contributed by atoms with E-state index >= 15 is 0 Å². The van der Waals surface area contributed by atoms with Gasteiger partial charge < -0.3 is 15.2 Å². The fraction of sp³-hybridized carbons (Fsp3) is 1.00. The quantitative estimate of drug-likeness (QED) is 0.684. The molecule has 3 nitrogen and oxygen atoms in total. The van der Waals surface area contributed by atoms with Gasteiger partial charge in [0.25, 0.3) is 0 Å². The lowest BCUT2D eigenvalue weighted by Gasteiger charge is -2.40. The minimum Gasteiger partial charge on any atom is -0.389 e. The summed E-state index contributed by atoms with van der Waals surface area (Å²) in [5.74, 6) is 0. The molecule has 1 aliphatic carbocycles. The zero-order chi connectivity index (χ0) is 11.4. The van der Waals surface area contributed by atoms with E-state index in [-0.39, 0.29) is 0 Å². The molecular weight excluding hydrogens is 190 g/mol. The molecule has 3 heteroatoms. The van der Waals surface area contributed by atoms with Gasteiger partial charge in [-0.3, -0.25) is 0 Å². The Kier molecular flexibility index (Phi) is 4.56. The Morgan fingerprint density at radius 3 is 2.33 bits per heavy atom. The lowest BCUT2D eigenvalue weighted by atomic mass is 9.71. The molecule has 0 amide bonds. The van der Waals surface area contributed by atoms with Crippen molar-refractivity contribution in [2.45, 2.75) is 45.1 Å². The topological polar surface area (TPSA) is 41.5 Å². The van der Waals surface area contributed by atoms with Gasteiger partial charge in [-0.15, -0.1) is 0 Å². The minimum atomic E-state index is -0.483. The maximum atomic E-state index is 10.3. The highest BCUT2D eigenvalue weighted by atomic mass is 16.5. The lowest BCUT2D eigenvalue weighted by molar-refractivity contribution is -0.0248. The fourth-order valence-electron chi connectivity index (χ4n) is 2.06. The summed E-state index contributed by atoms with van der Waals surface area (Å²) in [6.45, 7) is 6.80. The van der Waals surface area contributed by atoms with Gasteiger partial charge in [-0.25, -0.2) is 0 Å². The fourth-order valence-corrected chi connectivity index (χ4v) is 2.06. The third-order valence-electron chi connectivity index (χ3n) is 3.47. The lowest BCUT2D eigenvalue weighted by Crippen LogP contribution is -2.45. The van der Waals surface area contributed by atoms with Crippen LogP contribution < -0.4 is 5.32 Å². The van der Waals surface area contributed by atoms with Crippen molar-refractivity contribution in [3.8, 4) is 0 Å².